The Morgan fingerprint density at radius 1 is 1.07 bits per heavy atom. The van der Waals surface area contributed by atoms with Gasteiger partial charge in [0.1, 0.15) is 12.4 Å². The molecule has 0 aliphatic carbocycles. The van der Waals surface area contributed by atoms with Gasteiger partial charge in [-0.3, -0.25) is 19.8 Å². The molecule has 0 spiro atoms. The Labute approximate surface area is 235 Å². The van der Waals surface area contributed by atoms with Crippen LogP contribution in [0.25, 0.3) is 0 Å². The highest BCUT2D eigenvalue weighted by Gasteiger charge is 2.43. The summed E-state index contributed by atoms with van der Waals surface area (Å²) in [7, 11) is -0.566. The lowest BCUT2D eigenvalue weighted by atomic mass is 10.1. The summed E-state index contributed by atoms with van der Waals surface area (Å²) >= 11 is 0. The van der Waals surface area contributed by atoms with Gasteiger partial charge in [-0.25, -0.2) is 4.79 Å². The van der Waals surface area contributed by atoms with Gasteiger partial charge in [0, 0.05) is 25.0 Å². The number of amidine groups is 1. The number of amides is 1. The monoisotopic (exact) mass is 571 g/mol. The molecule has 0 aromatic heterocycles. The summed E-state index contributed by atoms with van der Waals surface area (Å²) in [6.07, 6.45) is -0.449. The number of ketones is 1. The fourth-order valence-corrected chi connectivity index (χ4v) is 5.11. The molecule has 11 nitrogen and oxygen atoms in total. The van der Waals surface area contributed by atoms with Crippen LogP contribution in [0.2, 0.25) is 18.1 Å². The van der Waals surface area contributed by atoms with Crippen LogP contribution in [0, 0.1) is 10.1 Å². The third-order valence-corrected chi connectivity index (χ3v) is 11.6. The molecule has 40 heavy (non-hydrogen) atoms. The first-order valence-corrected chi connectivity index (χ1v) is 15.9. The highest BCUT2D eigenvalue weighted by Crippen LogP contribution is 2.38. The van der Waals surface area contributed by atoms with Gasteiger partial charge in [0.15, 0.2) is 26.5 Å². The number of hydrogen-bond acceptors (Lipinski definition) is 9. The summed E-state index contributed by atoms with van der Waals surface area (Å²) in [5.41, 5.74) is 1.38. The number of carbonyl (C=O) groups is 2. The minimum atomic E-state index is -2.14. The number of oxime groups is 1. The average molecular weight is 572 g/mol. The van der Waals surface area contributed by atoms with Crippen LogP contribution in [0.4, 0.5) is 10.5 Å². The van der Waals surface area contributed by atoms with E-state index in [-0.39, 0.29) is 48.8 Å². The fourth-order valence-electron chi connectivity index (χ4n) is 3.76. The van der Waals surface area contributed by atoms with Crippen molar-refractivity contribution >= 4 is 31.7 Å². The first kappa shape index (κ1) is 30.8. The molecule has 1 aliphatic rings. The number of methoxy groups -OCH3 is 1. The molecule has 1 atom stereocenters. The Bertz CT molecular complexity index is 1220. The van der Waals surface area contributed by atoms with Crippen molar-refractivity contribution in [1.29, 1.82) is 0 Å². The van der Waals surface area contributed by atoms with Gasteiger partial charge in [-0.15, -0.1) is 0 Å². The van der Waals surface area contributed by atoms with E-state index in [0.29, 0.717) is 23.6 Å². The molecule has 0 radical (unpaired) electrons. The van der Waals surface area contributed by atoms with Crippen molar-refractivity contribution in [3.8, 4) is 5.75 Å². The number of hydrogen-bond donors (Lipinski definition) is 0. The zero-order valence-corrected chi connectivity index (χ0v) is 24.8. The fraction of sp³-hybridized carbons (Fsp3) is 0.464. The van der Waals surface area contributed by atoms with Crippen LogP contribution >= 0.6 is 0 Å². The van der Waals surface area contributed by atoms with E-state index in [2.05, 4.69) is 39.0 Å². The summed E-state index contributed by atoms with van der Waals surface area (Å²) < 4.78 is 17.1. The summed E-state index contributed by atoms with van der Waals surface area (Å²) in [4.78, 5) is 42.6. The Kier molecular flexibility index (Phi) is 10.0. The lowest BCUT2D eigenvalue weighted by Gasteiger charge is -2.38. The van der Waals surface area contributed by atoms with Gasteiger partial charge in [0.2, 0.25) is 0 Å². The predicted octanol–water partition coefficient (Wildman–Crippen LogP) is 5.48. The molecule has 12 heteroatoms. The second-order valence-corrected chi connectivity index (χ2v) is 15.9. The molecule has 2 aromatic rings. The first-order chi connectivity index (χ1) is 18.8. The minimum Gasteiger partial charge on any atom is -0.497 e. The number of rotatable bonds is 11. The van der Waals surface area contributed by atoms with E-state index in [1.807, 2.05) is 12.1 Å². The Morgan fingerprint density at radius 2 is 1.70 bits per heavy atom. The molecule has 0 N–H and O–H groups in total. The summed E-state index contributed by atoms with van der Waals surface area (Å²) in [6, 6.07) is 13.0. The topological polar surface area (TPSA) is 130 Å². The van der Waals surface area contributed by atoms with Crippen LogP contribution < -0.4 is 4.74 Å². The van der Waals surface area contributed by atoms with Gasteiger partial charge < -0.3 is 18.7 Å². The van der Waals surface area contributed by atoms with E-state index in [1.165, 1.54) is 29.2 Å². The van der Waals surface area contributed by atoms with E-state index in [1.54, 1.807) is 19.2 Å². The van der Waals surface area contributed by atoms with Gasteiger partial charge >= 0.3 is 6.09 Å². The second kappa shape index (κ2) is 13.1. The van der Waals surface area contributed by atoms with Gasteiger partial charge in [0.25, 0.3) is 5.69 Å². The summed E-state index contributed by atoms with van der Waals surface area (Å²) in [5.74, 6) is 0.846. The van der Waals surface area contributed by atoms with Crippen molar-refractivity contribution in [2.75, 3.05) is 20.3 Å². The molecule has 1 unspecified atom stereocenters. The van der Waals surface area contributed by atoms with Gasteiger partial charge in [-0.05, 0) is 53.5 Å². The van der Waals surface area contributed by atoms with Crippen LogP contribution in [-0.4, -0.2) is 62.2 Å². The SMILES string of the molecule is COc1ccc(CC(=O)CO/N=C2\CC(O[Si](C)(C)C(C)(C)C)CN2C(=O)OCc2ccc([N+](=O)[O-])cc2)cc1. The number of nitrogens with zero attached hydrogens (tertiary/aromatic N) is 3. The van der Waals surface area contributed by atoms with Crippen molar-refractivity contribution < 1.29 is 33.2 Å². The Hall–Kier alpha value is -3.77. The normalized spacial score (nSPS) is 16.6. The third kappa shape index (κ3) is 8.36. The smallest absolute Gasteiger partial charge is 0.415 e. The van der Waals surface area contributed by atoms with Crippen molar-refractivity contribution in [2.45, 2.75) is 64.5 Å². The number of non-ortho nitro benzene ring substituents is 1. The highest BCUT2D eigenvalue weighted by molar-refractivity contribution is 6.74. The number of benzene rings is 2. The predicted molar refractivity (Wildman–Crippen MR) is 152 cm³/mol. The molecule has 1 fully saturated rings. The van der Waals surface area contributed by atoms with E-state index in [0.717, 1.165) is 5.56 Å². The number of likely N-dealkylation sites (tertiary alicyclic amines) is 1. The standard InChI is InChI=1S/C28H37N3O8Si/c1-28(2,3)40(5,6)39-25-16-26(29-38-19-23(32)15-20-9-13-24(36-4)14-10-20)30(17-25)27(33)37-18-21-7-11-22(12-8-21)31(34)35/h7-14,25H,15-19H2,1-6H3/b29-26+. The lowest BCUT2D eigenvalue weighted by Crippen LogP contribution is -2.44. The maximum absolute atomic E-state index is 13.0. The summed E-state index contributed by atoms with van der Waals surface area (Å²) in [6.45, 7) is 10.6. The number of nitro benzene ring substituents is 1. The molecule has 1 saturated heterocycles. The summed E-state index contributed by atoms with van der Waals surface area (Å²) in [5, 5.41) is 15.0. The zero-order chi connectivity index (χ0) is 29.5. The number of ether oxygens (including phenoxy) is 2. The van der Waals surface area contributed by atoms with Crippen molar-refractivity contribution in [1.82, 2.24) is 4.90 Å². The maximum atomic E-state index is 13.0. The minimum absolute atomic E-state index is 0.0292. The van der Waals surface area contributed by atoms with Gasteiger partial charge in [-0.2, -0.15) is 0 Å². The number of carbonyl (C=O) groups excluding carboxylic acids is 2. The molecule has 2 aromatic carbocycles. The first-order valence-electron chi connectivity index (χ1n) is 13.0. The molecule has 216 valence electrons. The Morgan fingerprint density at radius 3 is 2.27 bits per heavy atom. The molecular weight excluding hydrogens is 534 g/mol. The van der Waals surface area contributed by atoms with Crippen LogP contribution in [0.5, 0.6) is 5.75 Å². The van der Waals surface area contributed by atoms with Crippen LogP contribution in [0.1, 0.15) is 38.3 Å². The third-order valence-electron chi connectivity index (χ3n) is 7.06. The van der Waals surface area contributed by atoms with E-state index >= 15 is 0 Å². The maximum Gasteiger partial charge on any atom is 0.415 e. The van der Waals surface area contributed by atoms with Gasteiger partial charge in [0.05, 0.1) is 24.7 Å². The second-order valence-electron chi connectivity index (χ2n) is 11.1. The Balaban J connectivity index is 1.66. The van der Waals surface area contributed by atoms with Crippen LogP contribution in [-0.2, 0) is 31.8 Å². The largest absolute Gasteiger partial charge is 0.497 e. The quantitative estimate of drug-likeness (QED) is 0.197. The van der Waals surface area contributed by atoms with E-state index in [4.69, 9.17) is 18.7 Å². The molecule has 1 heterocycles. The van der Waals surface area contributed by atoms with Crippen molar-refractivity contribution in [3.05, 3.63) is 69.8 Å². The van der Waals surface area contributed by atoms with E-state index < -0.39 is 19.3 Å². The zero-order valence-electron chi connectivity index (χ0n) is 23.8. The molecule has 3 rings (SSSR count). The average Bonchev–Trinajstić information content (AvgIpc) is 3.29. The van der Waals surface area contributed by atoms with Gasteiger partial charge in [-0.1, -0.05) is 38.1 Å². The highest BCUT2D eigenvalue weighted by atomic mass is 28.4. The van der Waals surface area contributed by atoms with Crippen molar-refractivity contribution in [2.24, 2.45) is 5.16 Å². The van der Waals surface area contributed by atoms with E-state index in [9.17, 15) is 19.7 Å². The lowest BCUT2D eigenvalue weighted by molar-refractivity contribution is -0.384. The number of Topliss-reactive ketones (excluding diaryl/α,β-unsaturated/α-hetero) is 1. The molecule has 0 saturated carbocycles. The number of nitro groups is 1. The molecule has 1 aliphatic heterocycles. The molecule has 0 bridgehead atoms. The van der Waals surface area contributed by atoms with Crippen molar-refractivity contribution in [3.63, 3.8) is 0 Å². The molecular formula is C28H37N3O8Si. The van der Waals surface area contributed by atoms with Crippen LogP contribution in [0.15, 0.2) is 53.7 Å². The molecule has 1 amide bonds. The van der Waals surface area contributed by atoms with Crippen LogP contribution in [0.3, 0.4) is 0 Å².